The molecule has 2 rings (SSSR count). The SMILES string of the molecule is CC.CC=N.CCCC(=O)c1cc(C2(CC(=N)C(C)CC)COC2)ccc1CC. The minimum absolute atomic E-state index is 0.117. The fourth-order valence-corrected chi connectivity index (χ4v) is 3.34. The first kappa shape index (κ1) is 27.2. The molecule has 1 saturated heterocycles. The van der Waals surface area contributed by atoms with E-state index in [0.29, 0.717) is 25.6 Å². The molecule has 1 unspecified atom stereocenters. The first-order chi connectivity index (χ1) is 13.9. The van der Waals surface area contributed by atoms with E-state index in [9.17, 15) is 4.79 Å². The Morgan fingerprint density at radius 1 is 1.24 bits per heavy atom. The average molecular weight is 403 g/mol. The molecule has 0 aliphatic carbocycles. The Kier molecular flexibility index (Phi) is 13.3. The molecule has 0 bridgehead atoms. The van der Waals surface area contributed by atoms with Gasteiger partial charge in [0.25, 0.3) is 0 Å². The summed E-state index contributed by atoms with van der Waals surface area (Å²) < 4.78 is 5.53. The summed E-state index contributed by atoms with van der Waals surface area (Å²) in [5, 5.41) is 14.5. The summed E-state index contributed by atoms with van der Waals surface area (Å²) in [7, 11) is 0. The van der Waals surface area contributed by atoms with Gasteiger partial charge in [0, 0.05) is 23.1 Å². The van der Waals surface area contributed by atoms with Gasteiger partial charge in [0.15, 0.2) is 5.78 Å². The van der Waals surface area contributed by atoms with Gasteiger partial charge >= 0.3 is 0 Å². The van der Waals surface area contributed by atoms with Crippen LogP contribution >= 0.6 is 0 Å². The summed E-state index contributed by atoms with van der Waals surface area (Å²) in [6.45, 7) is 15.4. The summed E-state index contributed by atoms with van der Waals surface area (Å²) in [5.74, 6) is 0.544. The van der Waals surface area contributed by atoms with Gasteiger partial charge in [0.05, 0.1) is 13.2 Å². The van der Waals surface area contributed by atoms with Gasteiger partial charge in [-0.25, -0.2) is 0 Å². The number of aryl methyl sites for hydroxylation is 1. The van der Waals surface area contributed by atoms with Crippen LogP contribution in [0.15, 0.2) is 18.2 Å². The molecule has 0 saturated carbocycles. The molecule has 1 fully saturated rings. The Labute approximate surface area is 178 Å². The summed E-state index contributed by atoms with van der Waals surface area (Å²) in [6.07, 6.45) is 5.32. The highest BCUT2D eigenvalue weighted by Crippen LogP contribution is 2.38. The topological polar surface area (TPSA) is 74.0 Å². The minimum Gasteiger partial charge on any atom is -0.379 e. The largest absolute Gasteiger partial charge is 0.379 e. The Bertz CT molecular complexity index is 648. The summed E-state index contributed by atoms with van der Waals surface area (Å²) in [6, 6.07) is 6.34. The van der Waals surface area contributed by atoms with E-state index in [2.05, 4.69) is 39.0 Å². The minimum atomic E-state index is -0.117. The Morgan fingerprint density at radius 3 is 2.24 bits per heavy atom. The fourth-order valence-electron chi connectivity index (χ4n) is 3.34. The molecular weight excluding hydrogens is 360 g/mol. The molecular formula is C25H42N2O2. The first-order valence-corrected chi connectivity index (χ1v) is 11.2. The Morgan fingerprint density at radius 2 is 1.83 bits per heavy atom. The molecule has 0 radical (unpaired) electrons. The van der Waals surface area contributed by atoms with Crippen LogP contribution in [-0.4, -0.2) is 30.9 Å². The standard InChI is InChI=1S/C21H31NO2.C2H5N.C2H6/c1-5-8-20(23)18-11-17(10-9-16(18)7-3)21(13-24-14-21)12-19(22)15(4)6-2;1-2-3;1-2/h9-11,15,22H,5-8,12-14H2,1-4H3;2-3H,1H3;1-2H3. The second-order valence-electron chi connectivity index (χ2n) is 7.47. The van der Waals surface area contributed by atoms with Crippen molar-refractivity contribution in [2.75, 3.05) is 13.2 Å². The fraction of sp³-hybridized carbons (Fsp3) is 0.640. The molecule has 4 heteroatoms. The highest BCUT2D eigenvalue weighted by atomic mass is 16.5. The van der Waals surface area contributed by atoms with E-state index in [1.54, 1.807) is 6.92 Å². The van der Waals surface area contributed by atoms with Gasteiger partial charge in [-0.05, 0) is 61.9 Å². The van der Waals surface area contributed by atoms with Crippen molar-refractivity contribution < 1.29 is 9.53 Å². The zero-order valence-corrected chi connectivity index (χ0v) is 19.7. The van der Waals surface area contributed by atoms with Crippen LogP contribution in [0.4, 0.5) is 0 Å². The number of benzene rings is 1. The quantitative estimate of drug-likeness (QED) is 0.359. The molecule has 1 atom stereocenters. The van der Waals surface area contributed by atoms with Crippen LogP contribution in [0.3, 0.4) is 0 Å². The van der Waals surface area contributed by atoms with Crippen LogP contribution in [0.25, 0.3) is 0 Å². The molecule has 1 aromatic rings. The number of hydrogen-bond donors (Lipinski definition) is 2. The Hall–Kier alpha value is -1.81. The molecule has 164 valence electrons. The normalized spacial score (nSPS) is 14.9. The number of Topliss-reactive ketones (excluding diaryl/α,β-unsaturated/α-hetero) is 1. The zero-order valence-electron chi connectivity index (χ0n) is 19.7. The van der Waals surface area contributed by atoms with E-state index < -0.39 is 0 Å². The van der Waals surface area contributed by atoms with Crippen LogP contribution in [0, 0.1) is 16.7 Å². The van der Waals surface area contributed by atoms with Crippen molar-refractivity contribution in [3.63, 3.8) is 0 Å². The summed E-state index contributed by atoms with van der Waals surface area (Å²) in [4.78, 5) is 12.5. The van der Waals surface area contributed by atoms with Crippen LogP contribution in [0.5, 0.6) is 0 Å². The monoisotopic (exact) mass is 402 g/mol. The van der Waals surface area contributed by atoms with Crippen LogP contribution < -0.4 is 0 Å². The maximum atomic E-state index is 12.5. The maximum Gasteiger partial charge on any atom is 0.163 e. The average Bonchev–Trinajstić information content (AvgIpc) is 2.71. The lowest BCUT2D eigenvalue weighted by Gasteiger charge is -2.43. The van der Waals surface area contributed by atoms with Crippen molar-refractivity contribution >= 4 is 17.7 Å². The third-order valence-electron chi connectivity index (χ3n) is 5.37. The van der Waals surface area contributed by atoms with E-state index in [-0.39, 0.29) is 11.2 Å². The molecule has 1 aromatic carbocycles. The predicted molar refractivity (Wildman–Crippen MR) is 125 cm³/mol. The third kappa shape index (κ3) is 7.50. The first-order valence-electron chi connectivity index (χ1n) is 11.2. The van der Waals surface area contributed by atoms with E-state index in [4.69, 9.17) is 15.6 Å². The molecule has 1 aliphatic rings. The van der Waals surface area contributed by atoms with Crippen molar-refractivity contribution in [1.29, 1.82) is 10.8 Å². The second kappa shape index (κ2) is 14.2. The predicted octanol–water partition coefficient (Wildman–Crippen LogP) is 6.64. The van der Waals surface area contributed by atoms with Crippen molar-refractivity contribution in [2.45, 2.75) is 86.0 Å². The molecule has 2 N–H and O–H groups in total. The molecule has 0 amide bonds. The van der Waals surface area contributed by atoms with Crippen molar-refractivity contribution in [1.82, 2.24) is 0 Å². The Balaban J connectivity index is 0.00000143. The second-order valence-corrected chi connectivity index (χ2v) is 7.47. The number of ether oxygens (including phenoxy) is 1. The van der Waals surface area contributed by atoms with Gasteiger partial charge in [-0.15, -0.1) is 0 Å². The number of carbonyl (C=O) groups is 1. The van der Waals surface area contributed by atoms with Crippen LogP contribution in [0.1, 0.15) is 95.6 Å². The van der Waals surface area contributed by atoms with Crippen molar-refractivity contribution in [3.05, 3.63) is 34.9 Å². The van der Waals surface area contributed by atoms with E-state index in [1.165, 1.54) is 11.8 Å². The smallest absolute Gasteiger partial charge is 0.163 e. The number of carbonyl (C=O) groups excluding carboxylic acids is 1. The van der Waals surface area contributed by atoms with Gasteiger partial charge in [-0.1, -0.05) is 53.7 Å². The summed E-state index contributed by atoms with van der Waals surface area (Å²) >= 11 is 0. The number of nitrogens with one attached hydrogen (secondary N) is 2. The number of ketones is 1. The molecule has 1 heterocycles. The van der Waals surface area contributed by atoms with Crippen molar-refractivity contribution in [2.24, 2.45) is 5.92 Å². The van der Waals surface area contributed by atoms with E-state index >= 15 is 0 Å². The van der Waals surface area contributed by atoms with Gasteiger partial charge in [0.2, 0.25) is 0 Å². The lowest BCUT2D eigenvalue weighted by Crippen LogP contribution is -2.48. The third-order valence-corrected chi connectivity index (χ3v) is 5.37. The van der Waals surface area contributed by atoms with Gasteiger partial charge in [-0.3, -0.25) is 4.79 Å². The number of hydrogen-bond acceptors (Lipinski definition) is 4. The lowest BCUT2D eigenvalue weighted by atomic mass is 9.72. The molecule has 29 heavy (non-hydrogen) atoms. The molecule has 4 nitrogen and oxygen atoms in total. The van der Waals surface area contributed by atoms with Crippen LogP contribution in [0.2, 0.25) is 0 Å². The van der Waals surface area contributed by atoms with E-state index in [0.717, 1.165) is 42.5 Å². The van der Waals surface area contributed by atoms with Crippen LogP contribution in [-0.2, 0) is 16.6 Å². The molecule has 1 aliphatic heterocycles. The zero-order chi connectivity index (χ0) is 22.4. The summed E-state index contributed by atoms with van der Waals surface area (Å²) in [5.41, 5.74) is 3.84. The van der Waals surface area contributed by atoms with Gasteiger partial charge in [-0.2, -0.15) is 0 Å². The number of rotatable bonds is 9. The van der Waals surface area contributed by atoms with Gasteiger partial charge in [0.1, 0.15) is 0 Å². The molecule has 0 aromatic heterocycles. The highest BCUT2D eigenvalue weighted by Gasteiger charge is 2.42. The molecule has 0 spiro atoms. The highest BCUT2D eigenvalue weighted by molar-refractivity contribution is 5.97. The maximum absolute atomic E-state index is 12.5. The van der Waals surface area contributed by atoms with Crippen molar-refractivity contribution in [3.8, 4) is 0 Å². The lowest BCUT2D eigenvalue weighted by molar-refractivity contribution is -0.0568. The van der Waals surface area contributed by atoms with Gasteiger partial charge < -0.3 is 15.6 Å². The van der Waals surface area contributed by atoms with E-state index in [1.807, 2.05) is 20.8 Å².